The molecule has 2 aromatic carbocycles. The van der Waals surface area contributed by atoms with E-state index in [2.05, 4.69) is 10.1 Å². The molecule has 0 saturated carbocycles. The molecule has 0 aliphatic carbocycles. The van der Waals surface area contributed by atoms with Crippen molar-refractivity contribution in [2.24, 2.45) is 0 Å². The Hall–Kier alpha value is -3.56. The zero-order valence-electron chi connectivity index (χ0n) is 14.9. The van der Waals surface area contributed by atoms with Crippen molar-refractivity contribution >= 4 is 17.6 Å². The molecule has 0 spiro atoms. The summed E-state index contributed by atoms with van der Waals surface area (Å²) in [5, 5.41) is 13.3. The van der Waals surface area contributed by atoms with Gasteiger partial charge >= 0.3 is 5.97 Å². The Morgan fingerprint density at radius 3 is 2.32 bits per heavy atom. The third kappa shape index (κ3) is 5.00. The third-order valence-corrected chi connectivity index (χ3v) is 3.81. The summed E-state index contributed by atoms with van der Waals surface area (Å²) in [4.78, 5) is 34.8. The number of hydrogen-bond donors (Lipinski definition) is 1. The van der Waals surface area contributed by atoms with Crippen molar-refractivity contribution in [3.8, 4) is 5.75 Å². The maximum Gasteiger partial charge on any atom is 0.328 e. The van der Waals surface area contributed by atoms with E-state index in [1.807, 2.05) is 0 Å². The molecule has 148 valence electrons. The van der Waals surface area contributed by atoms with E-state index in [1.165, 1.54) is 25.3 Å². The van der Waals surface area contributed by atoms with Gasteiger partial charge < -0.3 is 14.8 Å². The molecule has 0 aromatic heterocycles. The van der Waals surface area contributed by atoms with Crippen molar-refractivity contribution in [1.29, 1.82) is 0 Å². The van der Waals surface area contributed by atoms with Crippen LogP contribution >= 0.6 is 0 Å². The van der Waals surface area contributed by atoms with Crippen molar-refractivity contribution in [2.75, 3.05) is 14.2 Å². The minimum absolute atomic E-state index is 0.207. The van der Waals surface area contributed by atoms with Crippen LogP contribution in [0, 0.1) is 21.7 Å². The van der Waals surface area contributed by atoms with Crippen LogP contribution in [0.5, 0.6) is 5.75 Å². The van der Waals surface area contributed by atoms with Gasteiger partial charge in [0.25, 0.3) is 11.6 Å². The number of carbonyl (C=O) groups excluding carboxylic acids is 2. The van der Waals surface area contributed by atoms with E-state index >= 15 is 0 Å². The van der Waals surface area contributed by atoms with E-state index in [0.29, 0.717) is 6.07 Å². The molecule has 0 bridgehead atoms. The lowest BCUT2D eigenvalue weighted by Gasteiger charge is -2.18. The maximum atomic E-state index is 13.3. The summed E-state index contributed by atoms with van der Waals surface area (Å²) in [7, 11) is 2.43. The molecule has 2 rings (SSSR count). The number of nitro benzene ring substituents is 1. The van der Waals surface area contributed by atoms with Crippen LogP contribution in [-0.2, 0) is 16.0 Å². The molecule has 0 heterocycles. The summed E-state index contributed by atoms with van der Waals surface area (Å²) in [6, 6.07) is 4.71. The Bertz CT molecular complexity index is 899. The molecule has 1 amide bonds. The molecular formula is C18H16F2N2O6. The number of esters is 1. The second-order valence-electron chi connectivity index (χ2n) is 5.66. The highest BCUT2D eigenvalue weighted by molar-refractivity contribution is 5.96. The fourth-order valence-corrected chi connectivity index (χ4v) is 2.52. The van der Waals surface area contributed by atoms with Gasteiger partial charge in [0, 0.05) is 35.7 Å². The van der Waals surface area contributed by atoms with Gasteiger partial charge in [-0.15, -0.1) is 0 Å². The van der Waals surface area contributed by atoms with Crippen LogP contribution in [-0.4, -0.2) is 37.1 Å². The Kier molecular flexibility index (Phi) is 6.59. The summed E-state index contributed by atoms with van der Waals surface area (Å²) >= 11 is 0. The predicted octanol–water partition coefficient (Wildman–Crippen LogP) is 2.40. The summed E-state index contributed by atoms with van der Waals surface area (Å²) in [6.45, 7) is 0. The Morgan fingerprint density at radius 2 is 1.79 bits per heavy atom. The van der Waals surface area contributed by atoms with E-state index in [9.17, 15) is 28.5 Å². The average molecular weight is 394 g/mol. The quantitative estimate of drug-likeness (QED) is 0.439. The fraction of sp³-hybridized carbons (Fsp3) is 0.222. The van der Waals surface area contributed by atoms with Gasteiger partial charge in [0.15, 0.2) is 0 Å². The molecule has 2 aromatic rings. The third-order valence-electron chi connectivity index (χ3n) is 3.81. The van der Waals surface area contributed by atoms with Crippen LogP contribution in [0.15, 0.2) is 36.4 Å². The number of rotatable bonds is 7. The molecule has 0 radical (unpaired) electrons. The first-order valence-electron chi connectivity index (χ1n) is 7.91. The second-order valence-corrected chi connectivity index (χ2v) is 5.66. The topological polar surface area (TPSA) is 108 Å². The lowest BCUT2D eigenvalue weighted by molar-refractivity contribution is -0.384. The number of ether oxygens (including phenoxy) is 2. The van der Waals surface area contributed by atoms with Gasteiger partial charge in [-0.25, -0.2) is 13.6 Å². The average Bonchev–Trinajstić information content (AvgIpc) is 2.65. The van der Waals surface area contributed by atoms with E-state index in [0.717, 1.165) is 19.2 Å². The molecule has 0 aliphatic rings. The van der Waals surface area contributed by atoms with Gasteiger partial charge in [-0.1, -0.05) is 0 Å². The fourth-order valence-electron chi connectivity index (χ4n) is 2.52. The summed E-state index contributed by atoms with van der Waals surface area (Å²) in [6.07, 6.45) is -0.207. The molecule has 8 nitrogen and oxygen atoms in total. The summed E-state index contributed by atoms with van der Waals surface area (Å²) < 4.78 is 36.4. The minimum Gasteiger partial charge on any atom is -0.496 e. The van der Waals surface area contributed by atoms with Gasteiger partial charge in [-0.2, -0.15) is 0 Å². The van der Waals surface area contributed by atoms with Crippen molar-refractivity contribution in [2.45, 2.75) is 12.5 Å². The molecule has 0 aliphatic heterocycles. The monoisotopic (exact) mass is 394 g/mol. The van der Waals surface area contributed by atoms with Gasteiger partial charge in [-0.3, -0.25) is 14.9 Å². The van der Waals surface area contributed by atoms with Crippen LogP contribution in [0.4, 0.5) is 14.5 Å². The molecule has 0 saturated heterocycles. The Labute approximate surface area is 158 Å². The lowest BCUT2D eigenvalue weighted by Crippen LogP contribution is -2.43. The highest BCUT2D eigenvalue weighted by Gasteiger charge is 2.25. The van der Waals surface area contributed by atoms with Crippen LogP contribution in [0.25, 0.3) is 0 Å². The number of amides is 1. The smallest absolute Gasteiger partial charge is 0.328 e. The standard InChI is InChI=1S/C18H16F2N2O6/c1-27-16-4-3-14(22(25)26)7-10(16)8-15(18(24)28-2)21-17(23)11-5-12(19)9-13(20)6-11/h3-7,9,15H,8H2,1-2H3,(H,21,23)/t15-/m1/s1. The zero-order chi connectivity index (χ0) is 20.8. The van der Waals surface area contributed by atoms with Crippen molar-refractivity contribution < 1.29 is 32.8 Å². The van der Waals surface area contributed by atoms with Gasteiger partial charge in [-0.05, 0) is 18.2 Å². The molecule has 1 atom stereocenters. The number of nitro groups is 1. The predicted molar refractivity (Wildman–Crippen MR) is 93.0 cm³/mol. The highest BCUT2D eigenvalue weighted by Crippen LogP contribution is 2.25. The van der Waals surface area contributed by atoms with Crippen molar-refractivity contribution in [3.63, 3.8) is 0 Å². The number of hydrogen-bond acceptors (Lipinski definition) is 6. The van der Waals surface area contributed by atoms with Crippen LogP contribution in [0.3, 0.4) is 0 Å². The number of nitrogens with zero attached hydrogens (tertiary/aromatic N) is 1. The summed E-state index contributed by atoms with van der Waals surface area (Å²) in [5.41, 5.74) is -0.312. The van der Waals surface area contributed by atoms with Crippen molar-refractivity contribution in [1.82, 2.24) is 5.32 Å². The largest absolute Gasteiger partial charge is 0.496 e. The molecular weight excluding hydrogens is 378 g/mol. The first kappa shape index (κ1) is 20.7. The number of non-ortho nitro benzene ring substituents is 1. The van der Waals surface area contributed by atoms with Gasteiger partial charge in [0.2, 0.25) is 0 Å². The van der Waals surface area contributed by atoms with E-state index in [4.69, 9.17) is 4.74 Å². The first-order valence-corrected chi connectivity index (χ1v) is 7.91. The van der Waals surface area contributed by atoms with Crippen LogP contribution in [0.1, 0.15) is 15.9 Å². The van der Waals surface area contributed by atoms with Gasteiger partial charge in [0.05, 0.1) is 19.1 Å². The van der Waals surface area contributed by atoms with E-state index in [-0.39, 0.29) is 29.0 Å². The molecule has 0 unspecified atom stereocenters. The van der Waals surface area contributed by atoms with Gasteiger partial charge in [0.1, 0.15) is 23.4 Å². The number of benzene rings is 2. The Balaban J connectivity index is 2.32. The second kappa shape index (κ2) is 8.89. The van der Waals surface area contributed by atoms with E-state index < -0.39 is 34.5 Å². The molecule has 10 heteroatoms. The number of carbonyl (C=O) groups is 2. The van der Waals surface area contributed by atoms with Crippen LogP contribution < -0.4 is 10.1 Å². The molecule has 0 fully saturated rings. The number of nitrogens with one attached hydrogen (secondary N) is 1. The SMILES string of the molecule is COC(=O)[C@@H](Cc1cc([N+](=O)[O-])ccc1OC)NC(=O)c1cc(F)cc(F)c1. The van der Waals surface area contributed by atoms with Crippen LogP contribution in [0.2, 0.25) is 0 Å². The zero-order valence-corrected chi connectivity index (χ0v) is 14.9. The number of methoxy groups -OCH3 is 2. The maximum absolute atomic E-state index is 13.3. The normalized spacial score (nSPS) is 11.4. The molecule has 1 N–H and O–H groups in total. The molecule has 28 heavy (non-hydrogen) atoms. The number of halogens is 2. The first-order chi connectivity index (χ1) is 13.2. The highest BCUT2D eigenvalue weighted by atomic mass is 19.1. The minimum atomic E-state index is -1.28. The van der Waals surface area contributed by atoms with Crippen molar-refractivity contribution in [3.05, 3.63) is 69.3 Å². The Morgan fingerprint density at radius 1 is 1.14 bits per heavy atom. The summed E-state index contributed by atoms with van der Waals surface area (Å²) in [5.74, 6) is -3.43. The van der Waals surface area contributed by atoms with E-state index in [1.54, 1.807) is 0 Å². The lowest BCUT2D eigenvalue weighted by atomic mass is 10.0.